The molecule has 5 aromatic carbocycles. The maximum atomic E-state index is 5.04. The van der Waals surface area contributed by atoms with E-state index in [4.69, 9.17) is 4.98 Å². The number of hydrogen-bond donors (Lipinski definition) is 0. The number of fused-ring (bicyclic) bond motifs is 3. The van der Waals surface area contributed by atoms with Gasteiger partial charge >= 0.3 is 0 Å². The Labute approximate surface area is 219 Å². The van der Waals surface area contributed by atoms with Crippen LogP contribution in [0.15, 0.2) is 134 Å². The fourth-order valence-electron chi connectivity index (χ4n) is 4.89. The van der Waals surface area contributed by atoms with Gasteiger partial charge in [0.1, 0.15) is 0 Å². The van der Waals surface area contributed by atoms with Crippen LogP contribution in [0, 0.1) is 0 Å². The number of rotatable bonds is 4. The molecule has 0 saturated carbocycles. The van der Waals surface area contributed by atoms with E-state index in [0.29, 0.717) is 0 Å². The highest BCUT2D eigenvalue weighted by molar-refractivity contribution is 7.25. The molecule has 0 fully saturated rings. The molecule has 2 nitrogen and oxygen atoms in total. The van der Waals surface area contributed by atoms with E-state index in [1.54, 1.807) is 0 Å². The van der Waals surface area contributed by atoms with Crippen LogP contribution < -0.4 is 0 Å². The third-order valence-electron chi connectivity index (χ3n) is 6.74. The van der Waals surface area contributed by atoms with Gasteiger partial charge in [0, 0.05) is 37.5 Å². The monoisotopic (exact) mass is 490 g/mol. The molecular weight excluding hydrogens is 468 g/mol. The van der Waals surface area contributed by atoms with E-state index in [1.807, 2.05) is 23.6 Å². The maximum absolute atomic E-state index is 5.04. The minimum Gasteiger partial charge on any atom is -0.237 e. The van der Waals surface area contributed by atoms with Crippen molar-refractivity contribution in [3.05, 3.63) is 134 Å². The van der Waals surface area contributed by atoms with Crippen molar-refractivity contribution < 1.29 is 0 Å². The summed E-state index contributed by atoms with van der Waals surface area (Å²) in [5.74, 6) is 0.739. The molecule has 0 aliphatic carbocycles. The molecule has 0 unspecified atom stereocenters. The average molecular weight is 491 g/mol. The van der Waals surface area contributed by atoms with Crippen LogP contribution >= 0.6 is 11.3 Å². The zero-order valence-corrected chi connectivity index (χ0v) is 20.8. The van der Waals surface area contributed by atoms with Gasteiger partial charge in [-0.1, -0.05) is 91.0 Å². The molecular formula is C34H22N2S. The Morgan fingerprint density at radius 1 is 0.432 bits per heavy atom. The highest BCUT2D eigenvalue weighted by atomic mass is 32.1. The Hall–Kier alpha value is -4.60. The first-order valence-corrected chi connectivity index (χ1v) is 13.1. The fourth-order valence-corrected chi connectivity index (χ4v) is 6.04. The molecule has 174 valence electrons. The van der Waals surface area contributed by atoms with Gasteiger partial charge in [-0.2, -0.15) is 0 Å². The molecule has 0 amide bonds. The van der Waals surface area contributed by atoms with Crippen LogP contribution in [0.1, 0.15) is 0 Å². The van der Waals surface area contributed by atoms with Crippen molar-refractivity contribution in [3.63, 3.8) is 0 Å². The Morgan fingerprint density at radius 3 is 1.78 bits per heavy atom. The molecule has 0 N–H and O–H groups in total. The lowest BCUT2D eigenvalue weighted by atomic mass is 9.95. The van der Waals surface area contributed by atoms with Crippen molar-refractivity contribution in [3.8, 4) is 44.9 Å². The van der Waals surface area contributed by atoms with Gasteiger partial charge in [0.2, 0.25) is 0 Å². The summed E-state index contributed by atoms with van der Waals surface area (Å²) in [6.45, 7) is 0. The zero-order valence-electron chi connectivity index (χ0n) is 20.0. The van der Waals surface area contributed by atoms with Crippen LogP contribution in [0.2, 0.25) is 0 Å². The first-order chi connectivity index (χ1) is 18.3. The second kappa shape index (κ2) is 9.12. The van der Waals surface area contributed by atoms with Gasteiger partial charge < -0.3 is 0 Å². The van der Waals surface area contributed by atoms with Crippen LogP contribution in [0.4, 0.5) is 0 Å². The van der Waals surface area contributed by atoms with Crippen molar-refractivity contribution in [2.45, 2.75) is 0 Å². The number of nitrogens with zero attached hydrogens (tertiary/aromatic N) is 2. The summed E-state index contributed by atoms with van der Waals surface area (Å²) < 4.78 is 2.56. The fraction of sp³-hybridized carbons (Fsp3) is 0. The summed E-state index contributed by atoms with van der Waals surface area (Å²) in [6, 6.07) is 44.9. The molecule has 0 aliphatic rings. The average Bonchev–Trinajstić information content (AvgIpc) is 3.36. The van der Waals surface area contributed by atoms with Crippen molar-refractivity contribution >= 4 is 31.5 Å². The van der Waals surface area contributed by atoms with Gasteiger partial charge in [-0.15, -0.1) is 11.3 Å². The van der Waals surface area contributed by atoms with Crippen LogP contribution in [0.5, 0.6) is 0 Å². The second-order valence-electron chi connectivity index (χ2n) is 9.11. The number of hydrogen-bond acceptors (Lipinski definition) is 3. The first kappa shape index (κ1) is 21.7. The molecule has 0 spiro atoms. The summed E-state index contributed by atoms with van der Waals surface area (Å²) in [5, 5.41) is 2.58. The van der Waals surface area contributed by atoms with Gasteiger partial charge in [-0.05, 0) is 58.7 Å². The Morgan fingerprint density at radius 2 is 1.05 bits per heavy atom. The van der Waals surface area contributed by atoms with Gasteiger partial charge in [-0.3, -0.25) is 0 Å². The van der Waals surface area contributed by atoms with Crippen LogP contribution in [0.3, 0.4) is 0 Å². The normalized spacial score (nSPS) is 11.2. The molecule has 0 atom stereocenters. The molecule has 2 heterocycles. The zero-order chi connectivity index (χ0) is 24.6. The van der Waals surface area contributed by atoms with Gasteiger partial charge in [0.25, 0.3) is 0 Å². The Balaban J connectivity index is 1.35. The van der Waals surface area contributed by atoms with Crippen molar-refractivity contribution in [2.24, 2.45) is 0 Å². The lowest BCUT2D eigenvalue weighted by Gasteiger charge is -2.11. The quantitative estimate of drug-likeness (QED) is 0.245. The maximum Gasteiger partial charge on any atom is 0.159 e. The van der Waals surface area contributed by atoms with E-state index < -0.39 is 0 Å². The molecule has 7 rings (SSSR count). The molecule has 3 heteroatoms. The Kier molecular flexibility index (Phi) is 5.34. The minimum absolute atomic E-state index is 0.739. The number of benzene rings is 5. The molecule has 7 aromatic rings. The van der Waals surface area contributed by atoms with Crippen LogP contribution in [-0.4, -0.2) is 9.97 Å². The molecule has 0 bridgehead atoms. The standard InChI is InChI=1S/C34H22N2S/c1-3-9-23(10-4-1)26-19-27(24-11-5-2-6-12-24)21-28(20-26)31-17-18-35-34(36-31)25-15-16-30-29-13-7-8-14-32(29)37-33(30)22-25/h1-22H. The number of thiophene rings is 1. The van der Waals surface area contributed by atoms with Crippen LogP contribution in [0.25, 0.3) is 65.1 Å². The van der Waals surface area contributed by atoms with Crippen molar-refractivity contribution in [1.29, 1.82) is 0 Å². The summed E-state index contributed by atoms with van der Waals surface area (Å²) >= 11 is 1.81. The molecule has 37 heavy (non-hydrogen) atoms. The van der Waals surface area contributed by atoms with Crippen LogP contribution in [-0.2, 0) is 0 Å². The van der Waals surface area contributed by atoms with E-state index in [2.05, 4.69) is 126 Å². The largest absolute Gasteiger partial charge is 0.237 e. The van der Waals surface area contributed by atoms with E-state index in [0.717, 1.165) is 22.6 Å². The molecule has 2 aromatic heterocycles. The topological polar surface area (TPSA) is 25.8 Å². The van der Waals surface area contributed by atoms with E-state index >= 15 is 0 Å². The predicted octanol–water partition coefficient (Wildman–Crippen LogP) is 9.51. The molecule has 0 aliphatic heterocycles. The first-order valence-electron chi connectivity index (χ1n) is 12.3. The summed E-state index contributed by atoms with van der Waals surface area (Å²) in [4.78, 5) is 9.69. The lowest BCUT2D eigenvalue weighted by molar-refractivity contribution is 1.18. The minimum atomic E-state index is 0.739. The van der Waals surface area contributed by atoms with E-state index in [9.17, 15) is 0 Å². The Bertz CT molecular complexity index is 1810. The molecule has 0 saturated heterocycles. The second-order valence-corrected chi connectivity index (χ2v) is 10.2. The third-order valence-corrected chi connectivity index (χ3v) is 7.87. The van der Waals surface area contributed by atoms with E-state index in [-0.39, 0.29) is 0 Å². The predicted molar refractivity (Wildman–Crippen MR) is 157 cm³/mol. The van der Waals surface area contributed by atoms with Gasteiger partial charge in [0.05, 0.1) is 5.69 Å². The van der Waals surface area contributed by atoms with Crippen molar-refractivity contribution in [1.82, 2.24) is 9.97 Å². The highest BCUT2D eigenvalue weighted by Gasteiger charge is 2.12. The lowest BCUT2D eigenvalue weighted by Crippen LogP contribution is -1.93. The van der Waals surface area contributed by atoms with Gasteiger partial charge in [-0.25, -0.2) is 9.97 Å². The summed E-state index contributed by atoms with van der Waals surface area (Å²) in [6.07, 6.45) is 1.87. The SMILES string of the molecule is c1ccc(-c2cc(-c3ccccc3)cc(-c3ccnc(-c4ccc5c(c4)sc4ccccc45)n3)c2)cc1. The smallest absolute Gasteiger partial charge is 0.159 e. The molecule has 0 radical (unpaired) electrons. The van der Waals surface area contributed by atoms with E-state index in [1.165, 1.54) is 42.4 Å². The highest BCUT2D eigenvalue weighted by Crippen LogP contribution is 2.36. The number of aromatic nitrogens is 2. The van der Waals surface area contributed by atoms with Crippen molar-refractivity contribution in [2.75, 3.05) is 0 Å². The summed E-state index contributed by atoms with van der Waals surface area (Å²) in [5.41, 5.74) is 7.73. The third kappa shape index (κ3) is 4.10. The van der Waals surface area contributed by atoms with Gasteiger partial charge in [0.15, 0.2) is 5.82 Å². The summed E-state index contributed by atoms with van der Waals surface area (Å²) in [7, 11) is 0.